The Morgan fingerprint density at radius 1 is 1.29 bits per heavy atom. The number of fused-ring (bicyclic) bond motifs is 1. The van der Waals surface area contributed by atoms with Gasteiger partial charge in [-0.2, -0.15) is 0 Å². The van der Waals surface area contributed by atoms with Gasteiger partial charge in [-0.15, -0.1) is 0 Å². The zero-order chi connectivity index (χ0) is 17.5. The van der Waals surface area contributed by atoms with Gasteiger partial charge in [0.05, 0.1) is 5.56 Å². The lowest BCUT2D eigenvalue weighted by Gasteiger charge is -2.18. The van der Waals surface area contributed by atoms with Crippen LogP contribution in [0.25, 0.3) is 5.65 Å². The molecule has 2 rings (SSSR count). The number of carbonyl (C=O) groups is 1. The van der Waals surface area contributed by atoms with Gasteiger partial charge in [0.15, 0.2) is 0 Å². The van der Waals surface area contributed by atoms with Crippen LogP contribution in [0.2, 0.25) is 0 Å². The van der Waals surface area contributed by atoms with Crippen LogP contribution in [0.4, 0.5) is 0 Å². The van der Waals surface area contributed by atoms with E-state index < -0.39 is 0 Å². The summed E-state index contributed by atoms with van der Waals surface area (Å²) in [5.74, 6) is -0.121. The Labute approximate surface area is 144 Å². The summed E-state index contributed by atoms with van der Waals surface area (Å²) < 4.78 is 7.63. The molecule has 5 heteroatoms. The van der Waals surface area contributed by atoms with E-state index in [1.807, 2.05) is 43.5 Å². The van der Waals surface area contributed by atoms with Gasteiger partial charge in [-0.1, -0.05) is 26.2 Å². The Bertz CT molecular complexity index is 679. The summed E-state index contributed by atoms with van der Waals surface area (Å²) in [5.41, 5.74) is 3.28. The molecule has 0 aliphatic rings. The Kier molecular flexibility index (Phi) is 6.79. The van der Waals surface area contributed by atoms with Gasteiger partial charge >= 0.3 is 0 Å². The highest BCUT2D eigenvalue weighted by Crippen LogP contribution is 2.15. The smallest absolute Gasteiger partial charge is 0.257 e. The number of ether oxygens (including phenoxy) is 1. The molecule has 0 bridgehead atoms. The van der Waals surface area contributed by atoms with E-state index in [1.165, 1.54) is 19.3 Å². The number of nitrogens with one attached hydrogen (secondary N) is 1. The average molecular weight is 331 g/mol. The molecule has 0 spiro atoms. The minimum atomic E-state index is -0.236. The van der Waals surface area contributed by atoms with Gasteiger partial charge in [-0.3, -0.25) is 4.79 Å². The van der Waals surface area contributed by atoms with Gasteiger partial charge in [-0.05, 0) is 45.7 Å². The molecule has 2 heterocycles. The van der Waals surface area contributed by atoms with Crippen molar-refractivity contribution in [3.63, 3.8) is 0 Å². The first-order chi connectivity index (χ1) is 11.6. The van der Waals surface area contributed by atoms with E-state index in [9.17, 15) is 4.79 Å². The highest BCUT2D eigenvalue weighted by atomic mass is 16.5. The quantitative estimate of drug-likeness (QED) is 0.558. The maximum atomic E-state index is 12.7. The van der Waals surface area contributed by atoms with E-state index in [0.29, 0.717) is 17.8 Å². The number of hydrogen-bond donors (Lipinski definition) is 1. The summed E-state index contributed by atoms with van der Waals surface area (Å²) in [6.07, 6.45) is 7.16. The summed E-state index contributed by atoms with van der Waals surface area (Å²) in [6.45, 7) is 8.69. The molecule has 0 aromatic carbocycles. The molecule has 24 heavy (non-hydrogen) atoms. The van der Waals surface area contributed by atoms with Gasteiger partial charge in [-0.25, -0.2) is 4.98 Å². The second-order valence-corrected chi connectivity index (χ2v) is 6.23. The van der Waals surface area contributed by atoms with Crippen molar-refractivity contribution in [1.82, 2.24) is 14.7 Å². The number of rotatable bonds is 9. The molecule has 0 radical (unpaired) electrons. The third-order valence-corrected chi connectivity index (χ3v) is 4.16. The molecular weight excluding hydrogens is 302 g/mol. The first kappa shape index (κ1) is 18.5. The van der Waals surface area contributed by atoms with E-state index in [4.69, 9.17) is 4.74 Å². The van der Waals surface area contributed by atoms with E-state index in [0.717, 1.165) is 24.2 Å². The molecule has 5 nitrogen and oxygen atoms in total. The second kappa shape index (κ2) is 8.83. The van der Waals surface area contributed by atoms with Crippen LogP contribution in [0.5, 0.6) is 0 Å². The Morgan fingerprint density at radius 3 is 2.79 bits per heavy atom. The highest BCUT2D eigenvalue weighted by molar-refractivity contribution is 6.00. The molecule has 0 aliphatic carbocycles. The molecule has 0 saturated heterocycles. The lowest BCUT2D eigenvalue weighted by atomic mass is 10.1. The highest BCUT2D eigenvalue weighted by Gasteiger charge is 2.18. The van der Waals surface area contributed by atoms with Crippen LogP contribution in [0.15, 0.2) is 18.3 Å². The molecule has 0 saturated carbocycles. The number of hydrogen-bond acceptors (Lipinski definition) is 3. The molecule has 1 amide bonds. The number of aromatic nitrogens is 2. The zero-order valence-electron chi connectivity index (χ0n) is 15.3. The van der Waals surface area contributed by atoms with Crippen LogP contribution in [0.1, 0.15) is 67.7 Å². The van der Waals surface area contributed by atoms with Crippen molar-refractivity contribution in [3.05, 3.63) is 35.3 Å². The van der Waals surface area contributed by atoms with Crippen molar-refractivity contribution < 1.29 is 9.53 Å². The van der Waals surface area contributed by atoms with Crippen molar-refractivity contribution in [1.29, 1.82) is 0 Å². The molecule has 1 N–H and O–H groups in total. The van der Waals surface area contributed by atoms with Crippen molar-refractivity contribution in [2.45, 2.75) is 66.0 Å². The van der Waals surface area contributed by atoms with Crippen LogP contribution >= 0.6 is 0 Å². The third kappa shape index (κ3) is 4.57. The molecule has 1 atom stereocenters. The molecule has 2 aromatic rings. The molecule has 0 fully saturated rings. The first-order valence-electron chi connectivity index (χ1n) is 8.94. The van der Waals surface area contributed by atoms with E-state index in [2.05, 4.69) is 17.2 Å². The molecule has 2 aromatic heterocycles. The summed E-state index contributed by atoms with van der Waals surface area (Å²) in [4.78, 5) is 17.2. The number of aryl methyl sites for hydroxylation is 2. The van der Waals surface area contributed by atoms with Gasteiger partial charge in [0.1, 0.15) is 11.9 Å². The molecule has 132 valence electrons. The first-order valence-corrected chi connectivity index (χ1v) is 8.94. The molecular formula is C19H29N3O2. The molecule has 1 unspecified atom stereocenters. The number of amides is 1. The van der Waals surface area contributed by atoms with Gasteiger partial charge in [0, 0.05) is 24.2 Å². The SMILES string of the molecule is CCCCCCC(NC(=O)c1ccn2c(C)cc(C)nc12)OCC. The predicted octanol–water partition coefficient (Wildman–Crippen LogP) is 4.01. The Hall–Kier alpha value is -1.88. The van der Waals surface area contributed by atoms with E-state index >= 15 is 0 Å². The van der Waals surface area contributed by atoms with Crippen molar-refractivity contribution >= 4 is 11.6 Å². The topological polar surface area (TPSA) is 55.6 Å². The van der Waals surface area contributed by atoms with E-state index in [1.54, 1.807) is 0 Å². The second-order valence-electron chi connectivity index (χ2n) is 6.23. The van der Waals surface area contributed by atoms with Crippen LogP contribution < -0.4 is 5.32 Å². The largest absolute Gasteiger partial charge is 0.359 e. The van der Waals surface area contributed by atoms with Crippen molar-refractivity contribution in [3.8, 4) is 0 Å². The standard InChI is InChI=1S/C19H29N3O2/c1-5-7-8-9-10-17(24-6-2)21-19(23)16-11-12-22-15(4)13-14(3)20-18(16)22/h11-13,17H,5-10H2,1-4H3,(H,21,23). The van der Waals surface area contributed by atoms with E-state index in [-0.39, 0.29) is 12.1 Å². The summed E-state index contributed by atoms with van der Waals surface area (Å²) in [5, 5.41) is 3.01. The summed E-state index contributed by atoms with van der Waals surface area (Å²) in [7, 11) is 0. The maximum Gasteiger partial charge on any atom is 0.257 e. The minimum absolute atomic E-state index is 0.121. The zero-order valence-corrected chi connectivity index (χ0v) is 15.3. The van der Waals surface area contributed by atoms with Gasteiger partial charge in [0.25, 0.3) is 5.91 Å². The lowest BCUT2D eigenvalue weighted by molar-refractivity contribution is 0.0285. The number of unbranched alkanes of at least 4 members (excludes halogenated alkanes) is 3. The fourth-order valence-electron chi connectivity index (χ4n) is 2.95. The fraction of sp³-hybridized carbons (Fsp3) is 0.579. The van der Waals surface area contributed by atoms with Gasteiger partial charge < -0.3 is 14.5 Å². The summed E-state index contributed by atoms with van der Waals surface area (Å²) >= 11 is 0. The molecule has 0 aliphatic heterocycles. The van der Waals surface area contributed by atoms with Crippen LogP contribution in [-0.4, -0.2) is 28.1 Å². The van der Waals surface area contributed by atoms with Crippen LogP contribution in [-0.2, 0) is 4.74 Å². The van der Waals surface area contributed by atoms with Crippen molar-refractivity contribution in [2.24, 2.45) is 0 Å². The normalized spacial score (nSPS) is 12.5. The maximum absolute atomic E-state index is 12.7. The summed E-state index contributed by atoms with van der Waals surface area (Å²) in [6, 6.07) is 3.83. The average Bonchev–Trinajstić information content (AvgIpc) is 2.95. The Balaban J connectivity index is 2.09. The number of nitrogens with zero attached hydrogens (tertiary/aromatic N) is 2. The van der Waals surface area contributed by atoms with Gasteiger partial charge in [0.2, 0.25) is 0 Å². The minimum Gasteiger partial charge on any atom is -0.359 e. The predicted molar refractivity (Wildman–Crippen MR) is 96.3 cm³/mol. The van der Waals surface area contributed by atoms with Crippen molar-refractivity contribution in [2.75, 3.05) is 6.61 Å². The van der Waals surface area contributed by atoms with Crippen LogP contribution in [0, 0.1) is 13.8 Å². The fourth-order valence-corrected chi connectivity index (χ4v) is 2.95. The number of carbonyl (C=O) groups excluding carboxylic acids is 1. The van der Waals surface area contributed by atoms with Crippen LogP contribution in [0.3, 0.4) is 0 Å². The lowest BCUT2D eigenvalue weighted by Crippen LogP contribution is -2.37. The Morgan fingerprint density at radius 2 is 2.08 bits per heavy atom. The third-order valence-electron chi connectivity index (χ3n) is 4.16. The monoisotopic (exact) mass is 331 g/mol.